The number of amides is 1. The minimum absolute atomic E-state index is 0.149. The maximum absolute atomic E-state index is 11.5. The second kappa shape index (κ2) is 7.45. The molecule has 1 amide bonds. The summed E-state index contributed by atoms with van der Waals surface area (Å²) in [5, 5.41) is 0. The van der Waals surface area contributed by atoms with Crippen LogP contribution < -0.4 is 0 Å². The number of carbonyl (C=O) groups excluding carboxylic acids is 1. The number of rotatable bonds is 6. The van der Waals surface area contributed by atoms with E-state index in [1.54, 1.807) is 4.90 Å². The molecule has 0 radical (unpaired) electrons. The van der Waals surface area contributed by atoms with E-state index < -0.39 is 0 Å². The molecule has 0 aliphatic rings. The van der Waals surface area contributed by atoms with Crippen molar-refractivity contribution in [2.45, 2.75) is 20.3 Å². The minimum atomic E-state index is 0.149. The van der Waals surface area contributed by atoms with Crippen LogP contribution in [0.25, 0.3) is 0 Å². The Morgan fingerprint density at radius 1 is 1.23 bits per heavy atom. The quantitative estimate of drug-likeness (QED) is 0.636. The third-order valence-electron chi connectivity index (χ3n) is 1.64. The third-order valence-corrected chi connectivity index (χ3v) is 1.98. The zero-order chi connectivity index (χ0) is 10.3. The number of alkyl halides is 2. The molecule has 2 nitrogen and oxygen atoms in total. The van der Waals surface area contributed by atoms with Crippen LogP contribution in [0.15, 0.2) is 0 Å². The van der Waals surface area contributed by atoms with Crippen molar-refractivity contribution in [1.29, 1.82) is 0 Å². The minimum Gasteiger partial charge on any atom is -0.340 e. The van der Waals surface area contributed by atoms with Crippen LogP contribution >= 0.6 is 23.2 Å². The summed E-state index contributed by atoms with van der Waals surface area (Å²) in [7, 11) is 0. The second-order valence-corrected chi connectivity index (χ2v) is 4.11. The van der Waals surface area contributed by atoms with Crippen LogP contribution in [0.3, 0.4) is 0 Å². The van der Waals surface area contributed by atoms with Crippen molar-refractivity contribution in [2.75, 3.05) is 24.8 Å². The standard InChI is InChI=1S/C9H17Cl2NO/c1-8(2)7-9(13)12(5-3-10)6-4-11/h8H,3-7H2,1-2H3. The molecule has 0 saturated heterocycles. The van der Waals surface area contributed by atoms with E-state index in [0.29, 0.717) is 37.2 Å². The van der Waals surface area contributed by atoms with Gasteiger partial charge in [0.05, 0.1) is 0 Å². The van der Waals surface area contributed by atoms with Gasteiger partial charge >= 0.3 is 0 Å². The van der Waals surface area contributed by atoms with Gasteiger partial charge in [0, 0.05) is 31.3 Å². The van der Waals surface area contributed by atoms with Crippen molar-refractivity contribution >= 4 is 29.1 Å². The van der Waals surface area contributed by atoms with Gasteiger partial charge < -0.3 is 4.90 Å². The molecule has 0 aliphatic heterocycles. The first kappa shape index (κ1) is 13.1. The number of carbonyl (C=O) groups is 1. The SMILES string of the molecule is CC(C)CC(=O)N(CCCl)CCCl. The molecule has 4 heteroatoms. The van der Waals surface area contributed by atoms with E-state index in [9.17, 15) is 4.79 Å². The molecule has 0 aliphatic carbocycles. The summed E-state index contributed by atoms with van der Waals surface area (Å²) in [5.41, 5.74) is 0. The van der Waals surface area contributed by atoms with E-state index in [4.69, 9.17) is 23.2 Å². The van der Waals surface area contributed by atoms with Crippen molar-refractivity contribution in [3.05, 3.63) is 0 Å². The van der Waals surface area contributed by atoms with Crippen LogP contribution in [0.4, 0.5) is 0 Å². The Morgan fingerprint density at radius 2 is 1.69 bits per heavy atom. The van der Waals surface area contributed by atoms with Crippen LogP contribution in [0.1, 0.15) is 20.3 Å². The fourth-order valence-corrected chi connectivity index (χ4v) is 1.45. The van der Waals surface area contributed by atoms with Crippen molar-refractivity contribution in [1.82, 2.24) is 4.90 Å². The van der Waals surface area contributed by atoms with Gasteiger partial charge in [-0.25, -0.2) is 0 Å². The fourth-order valence-electron chi connectivity index (χ4n) is 1.04. The summed E-state index contributed by atoms with van der Waals surface area (Å²) < 4.78 is 0. The van der Waals surface area contributed by atoms with Crippen LogP contribution in [0.2, 0.25) is 0 Å². The Morgan fingerprint density at radius 3 is 2.00 bits per heavy atom. The van der Waals surface area contributed by atoms with E-state index in [1.807, 2.05) is 13.8 Å². The van der Waals surface area contributed by atoms with Gasteiger partial charge in [0.15, 0.2) is 0 Å². The normalized spacial score (nSPS) is 10.5. The Labute approximate surface area is 90.2 Å². The van der Waals surface area contributed by atoms with Gasteiger partial charge in [-0.15, -0.1) is 23.2 Å². The van der Waals surface area contributed by atoms with Crippen LogP contribution in [0.5, 0.6) is 0 Å². The maximum Gasteiger partial charge on any atom is 0.222 e. The lowest BCUT2D eigenvalue weighted by Crippen LogP contribution is -2.35. The van der Waals surface area contributed by atoms with E-state index in [-0.39, 0.29) is 5.91 Å². The van der Waals surface area contributed by atoms with Gasteiger partial charge in [0.1, 0.15) is 0 Å². The average Bonchev–Trinajstić information content (AvgIpc) is 2.02. The number of hydrogen-bond donors (Lipinski definition) is 0. The monoisotopic (exact) mass is 225 g/mol. The number of hydrogen-bond acceptors (Lipinski definition) is 1. The summed E-state index contributed by atoms with van der Waals surface area (Å²) in [6, 6.07) is 0. The van der Waals surface area contributed by atoms with Gasteiger partial charge in [-0.1, -0.05) is 13.8 Å². The molecule has 0 rings (SSSR count). The largest absolute Gasteiger partial charge is 0.340 e. The van der Waals surface area contributed by atoms with Gasteiger partial charge in [-0.2, -0.15) is 0 Å². The molecule has 13 heavy (non-hydrogen) atoms. The predicted molar refractivity (Wildman–Crippen MR) is 57.5 cm³/mol. The van der Waals surface area contributed by atoms with E-state index in [2.05, 4.69) is 0 Å². The van der Waals surface area contributed by atoms with Crippen LogP contribution in [-0.2, 0) is 4.79 Å². The highest BCUT2D eigenvalue weighted by molar-refractivity contribution is 6.18. The molecule has 0 bridgehead atoms. The van der Waals surface area contributed by atoms with Crippen LogP contribution in [-0.4, -0.2) is 35.7 Å². The predicted octanol–water partition coefficient (Wildman–Crippen LogP) is 2.34. The summed E-state index contributed by atoms with van der Waals surface area (Å²) in [6.07, 6.45) is 0.577. The van der Waals surface area contributed by atoms with Crippen molar-refractivity contribution in [2.24, 2.45) is 5.92 Å². The molecule has 0 aromatic heterocycles. The maximum atomic E-state index is 11.5. The molecule has 0 aromatic carbocycles. The first-order valence-electron chi connectivity index (χ1n) is 4.51. The summed E-state index contributed by atoms with van der Waals surface area (Å²) in [4.78, 5) is 13.3. The Bertz CT molecular complexity index is 145. The lowest BCUT2D eigenvalue weighted by atomic mass is 10.1. The Balaban J connectivity index is 3.95. The van der Waals surface area contributed by atoms with E-state index in [0.717, 1.165) is 0 Å². The summed E-state index contributed by atoms with van der Waals surface area (Å²) in [5.74, 6) is 1.48. The molecule has 0 N–H and O–H groups in total. The van der Waals surface area contributed by atoms with Crippen molar-refractivity contribution in [3.8, 4) is 0 Å². The lowest BCUT2D eigenvalue weighted by Gasteiger charge is -2.21. The first-order chi connectivity index (χ1) is 6.11. The van der Waals surface area contributed by atoms with Gasteiger partial charge in [-0.05, 0) is 5.92 Å². The number of halogens is 2. The molecular formula is C9H17Cl2NO. The zero-order valence-electron chi connectivity index (χ0n) is 8.22. The molecule has 0 heterocycles. The highest BCUT2D eigenvalue weighted by atomic mass is 35.5. The molecule has 0 aromatic rings. The van der Waals surface area contributed by atoms with Gasteiger partial charge in [0.25, 0.3) is 0 Å². The molecule has 0 spiro atoms. The van der Waals surface area contributed by atoms with E-state index in [1.165, 1.54) is 0 Å². The smallest absolute Gasteiger partial charge is 0.222 e. The summed E-state index contributed by atoms with van der Waals surface area (Å²) >= 11 is 11.2. The van der Waals surface area contributed by atoms with Crippen molar-refractivity contribution < 1.29 is 4.79 Å². The highest BCUT2D eigenvalue weighted by Crippen LogP contribution is 2.04. The first-order valence-corrected chi connectivity index (χ1v) is 5.58. The van der Waals surface area contributed by atoms with E-state index >= 15 is 0 Å². The molecule has 0 fully saturated rings. The zero-order valence-corrected chi connectivity index (χ0v) is 9.74. The Hall–Kier alpha value is 0.0500. The summed E-state index contributed by atoms with van der Waals surface area (Å²) in [6.45, 7) is 5.24. The highest BCUT2D eigenvalue weighted by Gasteiger charge is 2.13. The number of nitrogens with zero attached hydrogens (tertiary/aromatic N) is 1. The molecular weight excluding hydrogens is 209 g/mol. The third kappa shape index (κ3) is 6.17. The van der Waals surface area contributed by atoms with Crippen LogP contribution in [0, 0.1) is 5.92 Å². The molecule has 78 valence electrons. The van der Waals surface area contributed by atoms with Gasteiger partial charge in [-0.3, -0.25) is 4.79 Å². The fraction of sp³-hybridized carbons (Fsp3) is 0.889. The molecule has 0 unspecified atom stereocenters. The lowest BCUT2D eigenvalue weighted by molar-refractivity contribution is -0.131. The molecule has 0 atom stereocenters. The molecule has 0 saturated carbocycles. The Kier molecular flexibility index (Phi) is 7.48. The second-order valence-electron chi connectivity index (χ2n) is 3.36. The topological polar surface area (TPSA) is 20.3 Å². The van der Waals surface area contributed by atoms with Crippen molar-refractivity contribution in [3.63, 3.8) is 0 Å². The average molecular weight is 226 g/mol. The van der Waals surface area contributed by atoms with Gasteiger partial charge in [0.2, 0.25) is 5.91 Å².